The van der Waals surface area contributed by atoms with E-state index in [1.54, 1.807) is 12.1 Å². The van der Waals surface area contributed by atoms with Crippen LogP contribution in [0.2, 0.25) is 0 Å². The molecular formula is C11H16N2O2S. The highest BCUT2D eigenvalue weighted by molar-refractivity contribution is 7.92. The van der Waals surface area contributed by atoms with Gasteiger partial charge in [0.1, 0.15) is 0 Å². The smallest absolute Gasteiger partial charge is 0.233 e. The number of sulfonamides is 1. The van der Waals surface area contributed by atoms with Crippen LogP contribution in [-0.2, 0) is 10.0 Å². The lowest BCUT2D eigenvalue weighted by molar-refractivity contribution is 0.597. The minimum atomic E-state index is -3.24. The van der Waals surface area contributed by atoms with Crippen molar-refractivity contribution in [2.45, 2.75) is 19.8 Å². The number of nitrogen functional groups attached to an aromatic ring is 1. The number of rotatable bonds is 4. The van der Waals surface area contributed by atoms with Crippen LogP contribution in [-0.4, -0.2) is 14.2 Å². The number of nitrogens with two attached hydrogens (primary N) is 1. The Bertz CT molecular complexity index is 493. The summed E-state index contributed by atoms with van der Waals surface area (Å²) in [5.41, 5.74) is 7.65. The molecule has 5 heteroatoms. The monoisotopic (exact) mass is 240 g/mol. The number of anilines is 2. The maximum Gasteiger partial charge on any atom is 0.233 e. The van der Waals surface area contributed by atoms with Gasteiger partial charge < -0.3 is 5.73 Å². The third-order valence-corrected chi connectivity index (χ3v) is 4.07. The van der Waals surface area contributed by atoms with Gasteiger partial charge in [-0.05, 0) is 43.4 Å². The molecule has 0 unspecified atom stereocenters. The largest absolute Gasteiger partial charge is 0.397 e. The number of hydrogen-bond acceptors (Lipinski definition) is 3. The predicted octanol–water partition coefficient (Wildman–Crippen LogP) is 1.73. The Morgan fingerprint density at radius 2 is 2.12 bits per heavy atom. The van der Waals surface area contributed by atoms with Crippen LogP contribution in [0.3, 0.4) is 0 Å². The van der Waals surface area contributed by atoms with Crippen molar-refractivity contribution in [3.8, 4) is 0 Å². The summed E-state index contributed by atoms with van der Waals surface area (Å²) in [5.74, 6) is 0.545. The number of nitrogens with one attached hydrogen (secondary N) is 1. The van der Waals surface area contributed by atoms with Crippen molar-refractivity contribution in [2.75, 3.05) is 16.2 Å². The Hall–Kier alpha value is -1.23. The molecule has 0 radical (unpaired) electrons. The van der Waals surface area contributed by atoms with E-state index in [9.17, 15) is 8.42 Å². The summed E-state index contributed by atoms with van der Waals surface area (Å²) in [6.45, 7) is 1.90. The van der Waals surface area contributed by atoms with Crippen LogP contribution in [0.4, 0.5) is 11.4 Å². The van der Waals surface area contributed by atoms with E-state index in [2.05, 4.69) is 4.72 Å². The van der Waals surface area contributed by atoms with E-state index in [1.807, 2.05) is 13.0 Å². The second-order valence-electron chi connectivity index (χ2n) is 4.42. The molecule has 1 aliphatic rings. The van der Waals surface area contributed by atoms with E-state index in [-0.39, 0.29) is 5.75 Å². The van der Waals surface area contributed by atoms with Crippen LogP contribution < -0.4 is 10.5 Å². The van der Waals surface area contributed by atoms with E-state index in [4.69, 9.17) is 5.73 Å². The summed E-state index contributed by atoms with van der Waals surface area (Å²) in [7, 11) is -3.24. The first-order valence-electron chi connectivity index (χ1n) is 5.33. The fourth-order valence-corrected chi connectivity index (χ4v) is 3.11. The Balaban J connectivity index is 2.15. The fraction of sp³-hybridized carbons (Fsp3) is 0.455. The molecule has 16 heavy (non-hydrogen) atoms. The van der Waals surface area contributed by atoms with Crippen molar-refractivity contribution in [1.29, 1.82) is 0 Å². The quantitative estimate of drug-likeness (QED) is 0.787. The molecular weight excluding hydrogens is 224 g/mol. The van der Waals surface area contributed by atoms with E-state index in [0.717, 1.165) is 18.4 Å². The van der Waals surface area contributed by atoms with Crippen LogP contribution in [0.5, 0.6) is 0 Å². The normalized spacial score (nSPS) is 16.1. The molecule has 0 saturated heterocycles. The van der Waals surface area contributed by atoms with Gasteiger partial charge in [-0.3, -0.25) is 4.72 Å². The molecule has 0 atom stereocenters. The lowest BCUT2D eigenvalue weighted by atomic mass is 10.2. The Kier molecular flexibility index (Phi) is 2.80. The third kappa shape index (κ3) is 2.88. The van der Waals surface area contributed by atoms with Crippen molar-refractivity contribution >= 4 is 21.4 Å². The molecule has 0 bridgehead atoms. The van der Waals surface area contributed by atoms with Crippen molar-refractivity contribution in [3.63, 3.8) is 0 Å². The summed E-state index contributed by atoms with van der Waals surface area (Å²) < 4.78 is 26.0. The van der Waals surface area contributed by atoms with Crippen molar-refractivity contribution in [1.82, 2.24) is 0 Å². The number of benzene rings is 1. The van der Waals surface area contributed by atoms with Crippen molar-refractivity contribution < 1.29 is 8.42 Å². The van der Waals surface area contributed by atoms with Crippen LogP contribution in [0.25, 0.3) is 0 Å². The van der Waals surface area contributed by atoms with Gasteiger partial charge in [0.05, 0.1) is 17.1 Å². The summed E-state index contributed by atoms with van der Waals surface area (Å²) in [6.07, 6.45) is 2.04. The molecule has 2 rings (SSSR count). The van der Waals surface area contributed by atoms with Gasteiger partial charge in [0, 0.05) is 0 Å². The minimum Gasteiger partial charge on any atom is -0.397 e. The average molecular weight is 240 g/mol. The highest BCUT2D eigenvalue weighted by Crippen LogP contribution is 2.31. The van der Waals surface area contributed by atoms with Crippen molar-refractivity contribution in [3.05, 3.63) is 23.8 Å². The first-order valence-corrected chi connectivity index (χ1v) is 6.98. The minimum absolute atomic E-state index is 0.209. The van der Waals surface area contributed by atoms with Crippen molar-refractivity contribution in [2.24, 2.45) is 5.92 Å². The predicted molar refractivity (Wildman–Crippen MR) is 65.7 cm³/mol. The summed E-state index contributed by atoms with van der Waals surface area (Å²) in [4.78, 5) is 0. The maximum absolute atomic E-state index is 11.7. The third-order valence-electron chi connectivity index (χ3n) is 2.63. The highest BCUT2D eigenvalue weighted by Gasteiger charge is 2.28. The average Bonchev–Trinajstić information content (AvgIpc) is 2.94. The number of hydrogen-bond donors (Lipinski definition) is 2. The van der Waals surface area contributed by atoms with Gasteiger partial charge in [0.25, 0.3) is 0 Å². The molecule has 3 N–H and O–H groups in total. The molecule has 0 aromatic heterocycles. The molecule has 0 heterocycles. The van der Waals surface area contributed by atoms with E-state index in [1.165, 1.54) is 0 Å². The topological polar surface area (TPSA) is 72.2 Å². The lowest BCUT2D eigenvalue weighted by Crippen LogP contribution is -2.18. The van der Waals surface area contributed by atoms with Gasteiger partial charge in [-0.15, -0.1) is 0 Å². The molecule has 0 amide bonds. The van der Waals surface area contributed by atoms with Crippen LogP contribution in [0.15, 0.2) is 18.2 Å². The molecule has 1 saturated carbocycles. The first kappa shape index (κ1) is 11.3. The highest BCUT2D eigenvalue weighted by atomic mass is 32.2. The second-order valence-corrected chi connectivity index (χ2v) is 6.18. The molecule has 1 fully saturated rings. The summed E-state index contributed by atoms with van der Waals surface area (Å²) in [6, 6.07) is 5.32. The molecule has 4 nitrogen and oxygen atoms in total. The van der Waals surface area contributed by atoms with Gasteiger partial charge in [0.2, 0.25) is 10.0 Å². The van der Waals surface area contributed by atoms with Crippen LogP contribution in [0.1, 0.15) is 18.4 Å². The second kappa shape index (κ2) is 3.97. The van der Waals surface area contributed by atoms with Gasteiger partial charge >= 0.3 is 0 Å². The Morgan fingerprint density at radius 3 is 2.75 bits per heavy atom. The molecule has 88 valence electrons. The zero-order valence-electron chi connectivity index (χ0n) is 9.23. The molecule has 1 aliphatic carbocycles. The summed E-state index contributed by atoms with van der Waals surface area (Å²) >= 11 is 0. The zero-order valence-corrected chi connectivity index (χ0v) is 10.0. The Morgan fingerprint density at radius 1 is 1.44 bits per heavy atom. The van der Waals surface area contributed by atoms with E-state index >= 15 is 0 Å². The fourth-order valence-electron chi connectivity index (χ4n) is 1.56. The molecule has 0 spiro atoms. The Labute approximate surface area is 95.9 Å². The summed E-state index contributed by atoms with van der Waals surface area (Å²) in [5, 5.41) is 0. The van der Waals surface area contributed by atoms with E-state index in [0.29, 0.717) is 17.3 Å². The van der Waals surface area contributed by atoms with Crippen LogP contribution >= 0.6 is 0 Å². The standard InChI is InChI=1S/C11H16N2O2S/c1-8-2-5-10(12)11(6-8)13-16(14,15)7-9-3-4-9/h2,5-6,9,13H,3-4,7,12H2,1H3. The van der Waals surface area contributed by atoms with Gasteiger partial charge in [-0.1, -0.05) is 6.07 Å². The number of aryl methyl sites for hydroxylation is 1. The zero-order chi connectivity index (χ0) is 11.8. The SMILES string of the molecule is Cc1ccc(N)c(NS(=O)(=O)CC2CC2)c1. The van der Waals surface area contributed by atoms with E-state index < -0.39 is 10.0 Å². The molecule has 0 aliphatic heterocycles. The van der Waals surface area contributed by atoms with Crippen LogP contribution in [0, 0.1) is 12.8 Å². The maximum atomic E-state index is 11.7. The molecule has 1 aromatic carbocycles. The lowest BCUT2D eigenvalue weighted by Gasteiger charge is -2.10. The van der Waals surface area contributed by atoms with Gasteiger partial charge in [0.15, 0.2) is 0 Å². The first-order chi connectivity index (χ1) is 7.46. The van der Waals surface area contributed by atoms with Gasteiger partial charge in [-0.25, -0.2) is 8.42 Å². The van der Waals surface area contributed by atoms with Gasteiger partial charge in [-0.2, -0.15) is 0 Å². The molecule has 1 aromatic rings.